The van der Waals surface area contributed by atoms with E-state index >= 15 is 0 Å². The molecule has 0 radical (unpaired) electrons. The fourth-order valence-corrected chi connectivity index (χ4v) is 2.36. The van der Waals surface area contributed by atoms with Crippen LogP contribution in [0.1, 0.15) is 25.7 Å². The second-order valence-electron chi connectivity index (χ2n) is 5.07. The zero-order chi connectivity index (χ0) is 15.2. The van der Waals surface area contributed by atoms with Crippen LogP contribution in [0.3, 0.4) is 0 Å². The average Bonchev–Trinajstić information content (AvgIpc) is 2.48. The molecule has 0 aromatic heterocycles. The van der Waals surface area contributed by atoms with Crippen molar-refractivity contribution in [2.75, 3.05) is 6.61 Å². The van der Waals surface area contributed by atoms with E-state index in [1.54, 1.807) is 6.07 Å². The Morgan fingerprint density at radius 3 is 2.90 bits per heavy atom. The van der Waals surface area contributed by atoms with Gasteiger partial charge in [-0.05, 0) is 18.9 Å². The Kier molecular flexibility index (Phi) is 5.10. The summed E-state index contributed by atoms with van der Waals surface area (Å²) in [5.41, 5.74) is -0.0874. The molecular formula is C14H18N2O5. The van der Waals surface area contributed by atoms with E-state index in [-0.39, 0.29) is 30.0 Å². The number of non-ortho nitro benzene ring substituents is 1. The molecule has 2 rings (SSSR count). The number of aliphatic hydroxyl groups excluding tert-OH is 1. The first-order valence-corrected chi connectivity index (χ1v) is 6.91. The number of nitrogens with one attached hydrogen (secondary N) is 1. The summed E-state index contributed by atoms with van der Waals surface area (Å²) in [6.45, 7) is -0.232. The molecule has 0 aliphatic heterocycles. The minimum Gasteiger partial charge on any atom is -0.484 e. The molecule has 2 unspecified atom stereocenters. The maximum atomic E-state index is 11.8. The Morgan fingerprint density at radius 1 is 1.43 bits per heavy atom. The Hall–Kier alpha value is -2.15. The first-order valence-electron chi connectivity index (χ1n) is 6.91. The number of hydrogen-bond acceptors (Lipinski definition) is 5. The van der Waals surface area contributed by atoms with Crippen LogP contribution in [-0.2, 0) is 4.79 Å². The number of benzene rings is 1. The van der Waals surface area contributed by atoms with Crippen LogP contribution in [-0.4, -0.2) is 34.7 Å². The second-order valence-corrected chi connectivity index (χ2v) is 5.07. The summed E-state index contributed by atoms with van der Waals surface area (Å²) in [6, 6.07) is 5.43. The highest BCUT2D eigenvalue weighted by atomic mass is 16.6. The number of carbonyl (C=O) groups is 1. The number of carbonyl (C=O) groups excluding carboxylic acids is 1. The highest BCUT2D eigenvalue weighted by molar-refractivity contribution is 5.77. The van der Waals surface area contributed by atoms with Crippen LogP contribution in [0.25, 0.3) is 0 Å². The number of hydrogen-bond donors (Lipinski definition) is 2. The summed E-state index contributed by atoms with van der Waals surface area (Å²) in [5.74, 6) is -0.0731. The molecule has 21 heavy (non-hydrogen) atoms. The molecule has 1 aliphatic rings. The minimum atomic E-state index is -0.523. The van der Waals surface area contributed by atoms with Crippen molar-refractivity contribution in [2.45, 2.75) is 37.8 Å². The van der Waals surface area contributed by atoms with E-state index in [9.17, 15) is 20.0 Å². The summed E-state index contributed by atoms with van der Waals surface area (Å²) in [7, 11) is 0. The Morgan fingerprint density at radius 2 is 2.19 bits per heavy atom. The number of nitro groups is 1. The molecule has 0 spiro atoms. The predicted octanol–water partition coefficient (Wildman–Crippen LogP) is 1.39. The van der Waals surface area contributed by atoms with E-state index in [1.165, 1.54) is 18.2 Å². The van der Waals surface area contributed by atoms with Crippen LogP contribution >= 0.6 is 0 Å². The molecule has 1 aromatic rings. The van der Waals surface area contributed by atoms with Gasteiger partial charge in [-0.15, -0.1) is 0 Å². The van der Waals surface area contributed by atoms with Crippen molar-refractivity contribution in [3.8, 4) is 5.75 Å². The molecule has 1 aliphatic carbocycles. The lowest BCUT2D eigenvalue weighted by Crippen LogP contribution is -2.46. The molecule has 0 heterocycles. The monoisotopic (exact) mass is 294 g/mol. The molecule has 1 amide bonds. The van der Waals surface area contributed by atoms with E-state index in [0.29, 0.717) is 6.42 Å². The number of ether oxygens (including phenoxy) is 1. The molecule has 1 aromatic carbocycles. The van der Waals surface area contributed by atoms with Crippen LogP contribution < -0.4 is 10.1 Å². The normalized spacial score (nSPS) is 21.6. The zero-order valence-corrected chi connectivity index (χ0v) is 11.5. The van der Waals surface area contributed by atoms with Crippen molar-refractivity contribution in [3.05, 3.63) is 34.4 Å². The van der Waals surface area contributed by atoms with Gasteiger partial charge in [-0.2, -0.15) is 0 Å². The highest BCUT2D eigenvalue weighted by Gasteiger charge is 2.24. The fraction of sp³-hybridized carbons (Fsp3) is 0.500. The van der Waals surface area contributed by atoms with E-state index in [0.717, 1.165) is 19.3 Å². The van der Waals surface area contributed by atoms with Crippen LogP contribution in [0.5, 0.6) is 5.75 Å². The largest absolute Gasteiger partial charge is 0.484 e. The van der Waals surface area contributed by atoms with Crippen molar-refractivity contribution in [2.24, 2.45) is 0 Å². The number of aliphatic hydroxyl groups is 1. The molecule has 114 valence electrons. The van der Waals surface area contributed by atoms with Gasteiger partial charge < -0.3 is 15.2 Å². The standard InChI is InChI=1S/C14H18N2O5/c17-13-7-2-1-6-12(13)15-14(18)9-21-11-5-3-4-10(8-11)16(19)20/h3-5,8,12-13,17H,1-2,6-7,9H2,(H,15,18). The molecule has 2 N–H and O–H groups in total. The summed E-state index contributed by atoms with van der Waals surface area (Å²) >= 11 is 0. The van der Waals surface area contributed by atoms with Crippen molar-refractivity contribution in [3.63, 3.8) is 0 Å². The van der Waals surface area contributed by atoms with E-state index in [2.05, 4.69) is 5.32 Å². The molecule has 0 saturated heterocycles. The van der Waals surface area contributed by atoms with E-state index in [4.69, 9.17) is 4.74 Å². The predicted molar refractivity (Wildman–Crippen MR) is 75.0 cm³/mol. The lowest BCUT2D eigenvalue weighted by Gasteiger charge is -2.28. The highest BCUT2D eigenvalue weighted by Crippen LogP contribution is 2.20. The molecule has 2 atom stereocenters. The average molecular weight is 294 g/mol. The second kappa shape index (κ2) is 7.03. The third-order valence-electron chi connectivity index (χ3n) is 3.47. The van der Waals surface area contributed by atoms with E-state index < -0.39 is 11.0 Å². The van der Waals surface area contributed by atoms with Gasteiger partial charge in [0.05, 0.1) is 23.1 Å². The van der Waals surface area contributed by atoms with Crippen molar-refractivity contribution >= 4 is 11.6 Å². The van der Waals surface area contributed by atoms with Crippen molar-refractivity contribution in [1.82, 2.24) is 5.32 Å². The smallest absolute Gasteiger partial charge is 0.273 e. The van der Waals surface area contributed by atoms with E-state index in [1.807, 2.05) is 0 Å². The number of rotatable bonds is 5. The minimum absolute atomic E-state index is 0.0874. The van der Waals surface area contributed by atoms with Gasteiger partial charge in [0.2, 0.25) is 0 Å². The Labute approximate surface area is 122 Å². The van der Waals surface area contributed by atoms with Crippen LogP contribution in [0.15, 0.2) is 24.3 Å². The van der Waals surface area contributed by atoms with Gasteiger partial charge in [0.1, 0.15) is 5.75 Å². The zero-order valence-electron chi connectivity index (χ0n) is 11.5. The molecule has 1 fully saturated rings. The van der Waals surface area contributed by atoms with Crippen molar-refractivity contribution < 1.29 is 19.6 Å². The SMILES string of the molecule is O=C(COc1cccc([N+](=O)[O-])c1)NC1CCCCC1O. The van der Waals surface area contributed by atoms with Gasteiger partial charge in [-0.3, -0.25) is 14.9 Å². The van der Waals surface area contributed by atoms with Gasteiger partial charge in [0.25, 0.3) is 11.6 Å². The van der Waals surface area contributed by atoms with Gasteiger partial charge >= 0.3 is 0 Å². The van der Waals surface area contributed by atoms with Crippen molar-refractivity contribution in [1.29, 1.82) is 0 Å². The summed E-state index contributed by atoms with van der Waals surface area (Å²) in [4.78, 5) is 21.9. The van der Waals surface area contributed by atoms with Gasteiger partial charge in [0, 0.05) is 6.07 Å². The van der Waals surface area contributed by atoms with Gasteiger partial charge in [0.15, 0.2) is 6.61 Å². The molecule has 7 nitrogen and oxygen atoms in total. The third kappa shape index (κ3) is 4.42. The van der Waals surface area contributed by atoms with Gasteiger partial charge in [-0.25, -0.2) is 0 Å². The first-order chi connectivity index (χ1) is 10.1. The lowest BCUT2D eigenvalue weighted by atomic mass is 9.92. The summed E-state index contributed by atoms with van der Waals surface area (Å²) in [5, 5.41) is 23.1. The van der Waals surface area contributed by atoms with Crippen LogP contribution in [0.4, 0.5) is 5.69 Å². The number of nitrogens with zero attached hydrogens (tertiary/aromatic N) is 1. The first kappa shape index (κ1) is 15.2. The molecule has 7 heteroatoms. The quantitative estimate of drug-likeness (QED) is 0.631. The maximum Gasteiger partial charge on any atom is 0.273 e. The maximum absolute atomic E-state index is 11.8. The third-order valence-corrected chi connectivity index (χ3v) is 3.47. The number of amides is 1. The summed E-state index contributed by atoms with van der Waals surface area (Å²) < 4.78 is 5.24. The van der Waals surface area contributed by atoms with Crippen LogP contribution in [0, 0.1) is 10.1 Å². The fourth-order valence-electron chi connectivity index (χ4n) is 2.36. The lowest BCUT2D eigenvalue weighted by molar-refractivity contribution is -0.384. The van der Waals surface area contributed by atoms with Gasteiger partial charge in [-0.1, -0.05) is 18.9 Å². The summed E-state index contributed by atoms with van der Waals surface area (Å²) in [6.07, 6.45) is 2.88. The number of nitro benzene ring substituents is 1. The topological polar surface area (TPSA) is 102 Å². The van der Waals surface area contributed by atoms with Crippen LogP contribution in [0.2, 0.25) is 0 Å². The molecule has 1 saturated carbocycles. The Bertz CT molecular complexity index is 520. The Balaban J connectivity index is 1.83. The molecule has 0 bridgehead atoms. The molecular weight excluding hydrogens is 276 g/mol.